The Balaban J connectivity index is 1.27. The summed E-state index contributed by atoms with van der Waals surface area (Å²) < 4.78 is 15.1. The van der Waals surface area contributed by atoms with Crippen LogP contribution in [0.15, 0.2) is 77.1 Å². The van der Waals surface area contributed by atoms with Gasteiger partial charge in [-0.3, -0.25) is 14.8 Å². The van der Waals surface area contributed by atoms with Gasteiger partial charge in [0.1, 0.15) is 0 Å². The number of hydrogen-bond donors (Lipinski definition) is 4. The van der Waals surface area contributed by atoms with Gasteiger partial charge in [0, 0.05) is 36.3 Å². The number of hydroxylamine groups is 1. The number of amides is 2. The number of para-hydroxylation sites is 1. The van der Waals surface area contributed by atoms with E-state index in [-0.39, 0.29) is 37.6 Å². The van der Waals surface area contributed by atoms with Crippen LogP contribution in [-0.4, -0.2) is 39.0 Å². The summed E-state index contributed by atoms with van der Waals surface area (Å²) in [7, 11) is 0. The van der Waals surface area contributed by atoms with Crippen molar-refractivity contribution >= 4 is 50.8 Å². The van der Waals surface area contributed by atoms with E-state index in [2.05, 4.69) is 11.4 Å². The van der Waals surface area contributed by atoms with Crippen LogP contribution in [0.3, 0.4) is 0 Å². The topological polar surface area (TPSA) is 130 Å². The minimum atomic E-state index is -0.643. The number of fused-ring (bicyclic) bond motifs is 1. The third-order valence-corrected chi connectivity index (χ3v) is 9.22. The normalized spacial score (nSPS) is 18.6. The van der Waals surface area contributed by atoms with Gasteiger partial charge in [0.15, 0.2) is 10.6 Å². The van der Waals surface area contributed by atoms with Crippen LogP contribution in [0.5, 0.6) is 0 Å². The number of carbonyl (C=O) groups is 2. The summed E-state index contributed by atoms with van der Waals surface area (Å²) >= 11 is 3.35. The summed E-state index contributed by atoms with van der Waals surface area (Å²) in [5.74, 6) is 0.0827. The van der Waals surface area contributed by atoms with Gasteiger partial charge in [0.2, 0.25) is 11.8 Å². The first-order valence-corrected chi connectivity index (χ1v) is 15.6. The van der Waals surface area contributed by atoms with Crippen LogP contribution in [0.2, 0.25) is 0 Å². The molecule has 220 valence electrons. The first kappa shape index (κ1) is 30.1. The molecular weight excluding hydrogens is 574 g/mol. The number of nitrogens with one attached hydrogen (secondary N) is 2. The lowest BCUT2D eigenvalue weighted by Crippen LogP contribution is -2.31. The van der Waals surface area contributed by atoms with Crippen molar-refractivity contribution in [3.63, 3.8) is 0 Å². The second-order valence-corrected chi connectivity index (χ2v) is 12.3. The van der Waals surface area contributed by atoms with E-state index >= 15 is 0 Å². The van der Waals surface area contributed by atoms with Gasteiger partial charge < -0.3 is 19.9 Å². The molecule has 0 spiro atoms. The molecule has 1 saturated heterocycles. The summed E-state index contributed by atoms with van der Waals surface area (Å²) in [5.41, 5.74) is 5.86. The van der Waals surface area contributed by atoms with Crippen LogP contribution in [0.25, 0.3) is 10.2 Å². The molecular formula is C31H33N3O6S2. The van der Waals surface area contributed by atoms with Gasteiger partial charge in [-0.25, -0.2) is 10.5 Å². The standard InChI is InChI=1S/C31H33N3O6S2/c35-18-20-12-14-21(15-13-20)26-17-24(19-41-31-33-25-8-1-2-9-27(25)42-31)39-30(40-26)22-6-5-7-23(16-22)32-28(36)10-3-4-11-29(37)34-38/h1-2,5-9,12-16,24,26,30,35,38H,3-4,10-11,17-19H2,(H,32,36)(H,34,37)/t24-,26+,30+/m0/s1. The maximum absolute atomic E-state index is 12.5. The van der Waals surface area contributed by atoms with Crippen LogP contribution in [0.1, 0.15) is 61.2 Å². The number of nitrogens with zero attached hydrogens (tertiary/aromatic N) is 1. The Bertz CT molecular complexity index is 1460. The SMILES string of the molecule is O=C(CCCCC(=O)Nc1cccc([C@@H]2O[C@H](CSc3nc4ccccc4s3)C[C@H](c3ccc(CO)cc3)O2)c1)NO. The number of aromatic nitrogens is 1. The predicted molar refractivity (Wildman–Crippen MR) is 162 cm³/mol. The molecule has 0 unspecified atom stereocenters. The molecule has 1 aliphatic rings. The summed E-state index contributed by atoms with van der Waals surface area (Å²) in [6.45, 7) is -0.0184. The summed E-state index contributed by atoms with van der Waals surface area (Å²) in [4.78, 5) is 28.4. The zero-order valence-electron chi connectivity index (χ0n) is 22.9. The van der Waals surface area contributed by atoms with Crippen molar-refractivity contribution in [3.8, 4) is 0 Å². The van der Waals surface area contributed by atoms with E-state index in [9.17, 15) is 14.7 Å². The number of benzene rings is 3. The van der Waals surface area contributed by atoms with Gasteiger partial charge in [0.25, 0.3) is 0 Å². The lowest BCUT2D eigenvalue weighted by atomic mass is 10.0. The van der Waals surface area contributed by atoms with Crippen molar-refractivity contribution in [1.29, 1.82) is 0 Å². The highest BCUT2D eigenvalue weighted by atomic mass is 32.2. The number of unbranched alkanes of at least 4 members (excludes halogenated alkanes) is 1. The van der Waals surface area contributed by atoms with Crippen LogP contribution in [0.4, 0.5) is 5.69 Å². The van der Waals surface area contributed by atoms with Crippen molar-refractivity contribution in [1.82, 2.24) is 10.5 Å². The van der Waals surface area contributed by atoms with Gasteiger partial charge in [-0.05, 0) is 48.2 Å². The van der Waals surface area contributed by atoms with Gasteiger partial charge in [-0.15, -0.1) is 11.3 Å². The molecule has 0 aliphatic carbocycles. The predicted octanol–water partition coefficient (Wildman–Crippen LogP) is 6.13. The molecule has 2 amide bonds. The van der Waals surface area contributed by atoms with Gasteiger partial charge in [-0.1, -0.05) is 60.3 Å². The number of thioether (sulfide) groups is 1. The number of rotatable bonds is 12. The molecule has 5 rings (SSSR count). The van der Waals surface area contributed by atoms with E-state index in [1.54, 1.807) is 28.6 Å². The molecule has 11 heteroatoms. The van der Waals surface area contributed by atoms with E-state index in [0.29, 0.717) is 30.7 Å². The number of thiazole rings is 1. The average molecular weight is 608 g/mol. The zero-order valence-corrected chi connectivity index (χ0v) is 24.5. The molecule has 9 nitrogen and oxygen atoms in total. The van der Waals surface area contributed by atoms with Gasteiger partial charge in [0.05, 0.1) is 29.0 Å². The molecule has 1 fully saturated rings. The second-order valence-electron chi connectivity index (χ2n) is 10.0. The number of hydrogen-bond acceptors (Lipinski definition) is 9. The largest absolute Gasteiger partial charge is 0.392 e. The Labute approximate surface area is 252 Å². The van der Waals surface area contributed by atoms with Crippen LogP contribution >= 0.6 is 23.1 Å². The van der Waals surface area contributed by atoms with Crippen LogP contribution in [-0.2, 0) is 25.7 Å². The minimum absolute atomic E-state index is 0.0184. The summed E-state index contributed by atoms with van der Waals surface area (Å²) in [6.07, 6.45) is 1.14. The Kier molecular flexibility index (Phi) is 10.6. The van der Waals surface area contributed by atoms with E-state index in [4.69, 9.17) is 19.7 Å². The molecule has 2 heterocycles. The van der Waals surface area contributed by atoms with E-state index in [1.165, 1.54) is 0 Å². The van der Waals surface area contributed by atoms with Crippen molar-refractivity contribution in [2.24, 2.45) is 0 Å². The first-order chi connectivity index (χ1) is 20.5. The van der Waals surface area contributed by atoms with Crippen molar-refractivity contribution < 1.29 is 29.4 Å². The Morgan fingerprint density at radius 3 is 2.50 bits per heavy atom. The van der Waals surface area contributed by atoms with E-state index in [0.717, 1.165) is 31.2 Å². The highest BCUT2D eigenvalue weighted by Crippen LogP contribution is 2.40. The molecule has 0 saturated carbocycles. The minimum Gasteiger partial charge on any atom is -0.392 e. The molecule has 0 bridgehead atoms. The molecule has 1 aliphatic heterocycles. The lowest BCUT2D eigenvalue weighted by Gasteiger charge is -2.36. The van der Waals surface area contributed by atoms with Gasteiger partial charge >= 0.3 is 0 Å². The number of carbonyl (C=O) groups excluding carboxylic acids is 2. The maximum atomic E-state index is 12.5. The Hall–Kier alpha value is -3.32. The monoisotopic (exact) mass is 607 g/mol. The van der Waals surface area contributed by atoms with Crippen molar-refractivity contribution in [2.75, 3.05) is 11.1 Å². The average Bonchev–Trinajstić information content (AvgIpc) is 3.45. The molecule has 42 heavy (non-hydrogen) atoms. The number of aliphatic hydroxyl groups is 1. The molecule has 4 N–H and O–H groups in total. The Morgan fingerprint density at radius 2 is 1.74 bits per heavy atom. The zero-order chi connectivity index (χ0) is 29.3. The fourth-order valence-corrected chi connectivity index (χ4v) is 6.83. The van der Waals surface area contributed by atoms with Gasteiger partial charge in [-0.2, -0.15) is 0 Å². The highest BCUT2D eigenvalue weighted by molar-refractivity contribution is 8.01. The van der Waals surface area contributed by atoms with E-state index in [1.807, 2.05) is 66.7 Å². The fourth-order valence-electron chi connectivity index (χ4n) is 4.71. The smallest absolute Gasteiger partial charge is 0.243 e. The Morgan fingerprint density at radius 1 is 0.952 bits per heavy atom. The lowest BCUT2D eigenvalue weighted by molar-refractivity contribution is -0.245. The van der Waals surface area contributed by atoms with Crippen molar-refractivity contribution in [2.45, 2.75) is 61.5 Å². The fraction of sp³-hybridized carbons (Fsp3) is 0.323. The number of ether oxygens (including phenoxy) is 2. The molecule has 3 aromatic carbocycles. The van der Waals surface area contributed by atoms with E-state index < -0.39 is 12.2 Å². The highest BCUT2D eigenvalue weighted by Gasteiger charge is 2.32. The maximum Gasteiger partial charge on any atom is 0.243 e. The quantitative estimate of drug-likeness (QED) is 0.0655. The molecule has 0 radical (unpaired) electrons. The second kappa shape index (κ2) is 14.7. The molecule has 3 atom stereocenters. The van der Waals surface area contributed by atoms with Crippen molar-refractivity contribution in [3.05, 3.63) is 89.5 Å². The van der Waals surface area contributed by atoms with Crippen LogP contribution < -0.4 is 10.8 Å². The molecule has 1 aromatic heterocycles. The summed E-state index contributed by atoms with van der Waals surface area (Å²) in [6, 6.07) is 23.3. The first-order valence-electron chi connectivity index (χ1n) is 13.8. The molecule has 4 aromatic rings. The number of anilines is 1. The number of aliphatic hydroxyl groups excluding tert-OH is 1. The third-order valence-electron chi connectivity index (χ3n) is 6.91. The third kappa shape index (κ3) is 8.15. The summed E-state index contributed by atoms with van der Waals surface area (Å²) in [5, 5.41) is 21.0. The van der Waals surface area contributed by atoms with Crippen LogP contribution in [0, 0.1) is 0 Å².